The van der Waals surface area contributed by atoms with Crippen LogP contribution in [0.4, 0.5) is 16.7 Å². The normalized spacial score (nSPS) is 14.4. The quantitative estimate of drug-likeness (QED) is 0.802. The third-order valence-corrected chi connectivity index (χ3v) is 4.50. The van der Waals surface area contributed by atoms with Crippen LogP contribution in [-0.2, 0) is 11.3 Å². The van der Waals surface area contributed by atoms with E-state index in [4.69, 9.17) is 4.74 Å². The maximum absolute atomic E-state index is 11.7. The van der Waals surface area contributed by atoms with Crippen LogP contribution in [0.2, 0.25) is 0 Å². The first-order valence-corrected chi connectivity index (χ1v) is 9.97. The van der Waals surface area contributed by atoms with Crippen molar-refractivity contribution in [2.75, 3.05) is 36.0 Å². The van der Waals surface area contributed by atoms with Crippen LogP contribution in [0.3, 0.4) is 0 Å². The fourth-order valence-corrected chi connectivity index (χ4v) is 2.90. The van der Waals surface area contributed by atoms with E-state index in [1.807, 2.05) is 40.1 Å². The number of carbonyl (C=O) groups excluding carboxylic acids is 1. The Morgan fingerprint density at radius 3 is 1.90 bits per heavy atom. The van der Waals surface area contributed by atoms with Crippen molar-refractivity contribution < 1.29 is 9.53 Å². The van der Waals surface area contributed by atoms with Crippen molar-refractivity contribution in [3.05, 3.63) is 42.5 Å². The number of anilines is 2. The minimum atomic E-state index is -0.524. The van der Waals surface area contributed by atoms with E-state index < -0.39 is 11.7 Å². The van der Waals surface area contributed by atoms with Gasteiger partial charge in [-0.3, -0.25) is 0 Å². The Kier molecular flexibility index (Phi) is 6.49. The largest absolute Gasteiger partial charge is 0.444 e. The molecule has 3 rings (SSSR count). The Morgan fingerprint density at radius 2 is 1.47 bits per heavy atom. The number of nitrogens with zero attached hydrogens (tertiary/aromatic N) is 6. The molecule has 1 fully saturated rings. The zero-order chi connectivity index (χ0) is 21.7. The van der Waals surface area contributed by atoms with Gasteiger partial charge in [0.05, 0.1) is 0 Å². The first-order valence-electron chi connectivity index (χ1n) is 9.97. The standard InChI is InChI=1S/C21H29N7O2/c1-15(2)17-13-24-19(25-14-17)28-8-6-27(7-9-28)18-22-10-16(11-23-18)12-26-20(29)30-21(3,4)5/h10-11,13-14H,1,6-9,12H2,2-5H3,(H,26,29). The van der Waals surface area contributed by atoms with Crippen molar-refractivity contribution in [3.8, 4) is 0 Å². The van der Waals surface area contributed by atoms with E-state index in [-0.39, 0.29) is 0 Å². The second-order valence-corrected chi connectivity index (χ2v) is 8.27. The van der Waals surface area contributed by atoms with Gasteiger partial charge in [0.1, 0.15) is 5.60 Å². The molecule has 1 amide bonds. The average Bonchev–Trinajstić information content (AvgIpc) is 2.72. The third kappa shape index (κ3) is 5.88. The Hall–Kier alpha value is -3.23. The molecule has 0 saturated carbocycles. The highest BCUT2D eigenvalue weighted by molar-refractivity contribution is 5.67. The van der Waals surface area contributed by atoms with Crippen molar-refractivity contribution in [3.63, 3.8) is 0 Å². The molecule has 3 heterocycles. The number of hydrogen-bond acceptors (Lipinski definition) is 8. The molecule has 0 radical (unpaired) electrons. The van der Waals surface area contributed by atoms with Gasteiger partial charge in [-0.15, -0.1) is 0 Å². The maximum Gasteiger partial charge on any atom is 0.407 e. The second kappa shape index (κ2) is 9.06. The number of amides is 1. The first kappa shape index (κ1) is 21.5. The van der Waals surface area contributed by atoms with Gasteiger partial charge in [0.2, 0.25) is 11.9 Å². The lowest BCUT2D eigenvalue weighted by molar-refractivity contribution is 0.0523. The van der Waals surface area contributed by atoms with E-state index in [9.17, 15) is 4.79 Å². The molecule has 0 bridgehead atoms. The van der Waals surface area contributed by atoms with E-state index in [1.54, 1.807) is 12.4 Å². The van der Waals surface area contributed by atoms with Crippen LogP contribution in [-0.4, -0.2) is 57.8 Å². The van der Waals surface area contributed by atoms with Crippen LogP contribution in [0.25, 0.3) is 5.57 Å². The summed E-state index contributed by atoms with van der Waals surface area (Å²) in [6.07, 6.45) is 6.62. The summed E-state index contributed by atoms with van der Waals surface area (Å²) >= 11 is 0. The topological polar surface area (TPSA) is 96.4 Å². The summed E-state index contributed by atoms with van der Waals surface area (Å²) in [6, 6.07) is 0. The minimum Gasteiger partial charge on any atom is -0.444 e. The lowest BCUT2D eigenvalue weighted by Crippen LogP contribution is -2.47. The summed E-state index contributed by atoms with van der Waals surface area (Å²) in [6.45, 7) is 14.8. The van der Waals surface area contributed by atoms with Crippen LogP contribution in [0.5, 0.6) is 0 Å². The summed E-state index contributed by atoms with van der Waals surface area (Å²) in [4.78, 5) is 33.8. The molecule has 9 heteroatoms. The molecule has 0 spiro atoms. The predicted molar refractivity (Wildman–Crippen MR) is 116 cm³/mol. The SMILES string of the molecule is C=C(C)c1cnc(N2CCN(c3ncc(CNC(=O)OC(C)(C)C)cn3)CC2)nc1. The molecule has 160 valence electrons. The zero-order valence-corrected chi connectivity index (χ0v) is 18.1. The Labute approximate surface area is 177 Å². The average molecular weight is 412 g/mol. The molecule has 2 aromatic rings. The molecule has 0 aromatic carbocycles. The highest BCUT2D eigenvalue weighted by Crippen LogP contribution is 2.16. The molecule has 1 aliphatic rings. The highest BCUT2D eigenvalue weighted by atomic mass is 16.6. The fraction of sp³-hybridized carbons (Fsp3) is 0.476. The maximum atomic E-state index is 11.7. The van der Waals surface area contributed by atoms with Gasteiger partial charge < -0.3 is 19.9 Å². The number of allylic oxidation sites excluding steroid dienone is 1. The minimum absolute atomic E-state index is 0.320. The molecule has 1 aliphatic heterocycles. The molecular formula is C21H29N7O2. The monoisotopic (exact) mass is 411 g/mol. The number of ether oxygens (including phenoxy) is 1. The lowest BCUT2D eigenvalue weighted by atomic mass is 10.2. The summed E-state index contributed by atoms with van der Waals surface area (Å²) < 4.78 is 5.22. The molecule has 9 nitrogen and oxygen atoms in total. The third-order valence-electron chi connectivity index (χ3n) is 4.50. The Bertz CT molecular complexity index is 868. The van der Waals surface area contributed by atoms with Gasteiger partial charge in [-0.25, -0.2) is 24.7 Å². The summed E-state index contributed by atoms with van der Waals surface area (Å²) in [5, 5.41) is 2.71. The molecule has 0 aliphatic carbocycles. The van der Waals surface area contributed by atoms with Crippen LogP contribution >= 0.6 is 0 Å². The van der Waals surface area contributed by atoms with Gasteiger partial charge in [-0.05, 0) is 33.3 Å². The van der Waals surface area contributed by atoms with Crippen molar-refractivity contribution in [2.24, 2.45) is 0 Å². The molecule has 0 unspecified atom stereocenters. The molecular weight excluding hydrogens is 382 g/mol. The van der Waals surface area contributed by atoms with Gasteiger partial charge in [0, 0.05) is 68.6 Å². The summed E-state index contributed by atoms with van der Waals surface area (Å²) in [5.74, 6) is 1.40. The molecule has 0 atom stereocenters. The first-order chi connectivity index (χ1) is 14.2. The molecule has 1 saturated heterocycles. The molecule has 2 aromatic heterocycles. The zero-order valence-electron chi connectivity index (χ0n) is 18.1. The number of rotatable bonds is 5. The number of hydrogen-bond donors (Lipinski definition) is 1. The van der Waals surface area contributed by atoms with E-state index in [2.05, 4.69) is 41.6 Å². The summed E-state index contributed by atoms with van der Waals surface area (Å²) in [7, 11) is 0. The Balaban J connectivity index is 1.50. The lowest BCUT2D eigenvalue weighted by Gasteiger charge is -2.34. The van der Waals surface area contributed by atoms with Crippen molar-refractivity contribution in [1.29, 1.82) is 0 Å². The van der Waals surface area contributed by atoms with E-state index in [0.717, 1.165) is 48.8 Å². The summed E-state index contributed by atoms with van der Waals surface area (Å²) in [5.41, 5.74) is 2.19. The fourth-order valence-electron chi connectivity index (χ4n) is 2.90. The number of aromatic nitrogens is 4. The van der Waals surface area contributed by atoms with E-state index in [1.165, 1.54) is 0 Å². The smallest absolute Gasteiger partial charge is 0.407 e. The number of piperazine rings is 1. The highest BCUT2D eigenvalue weighted by Gasteiger charge is 2.21. The van der Waals surface area contributed by atoms with Gasteiger partial charge in [-0.2, -0.15) is 0 Å². The van der Waals surface area contributed by atoms with Crippen molar-refractivity contribution in [2.45, 2.75) is 39.8 Å². The predicted octanol–water partition coefficient (Wildman–Crippen LogP) is 2.65. The number of carbonyl (C=O) groups is 1. The van der Waals surface area contributed by atoms with Crippen molar-refractivity contribution in [1.82, 2.24) is 25.3 Å². The van der Waals surface area contributed by atoms with Crippen LogP contribution < -0.4 is 15.1 Å². The van der Waals surface area contributed by atoms with Gasteiger partial charge in [0.15, 0.2) is 0 Å². The molecule has 1 N–H and O–H groups in total. The van der Waals surface area contributed by atoms with E-state index >= 15 is 0 Å². The second-order valence-electron chi connectivity index (χ2n) is 8.27. The van der Waals surface area contributed by atoms with Gasteiger partial charge in [0.25, 0.3) is 0 Å². The number of nitrogens with one attached hydrogen (secondary N) is 1. The van der Waals surface area contributed by atoms with Crippen molar-refractivity contribution >= 4 is 23.6 Å². The Morgan fingerprint density at radius 1 is 1.00 bits per heavy atom. The molecule has 30 heavy (non-hydrogen) atoms. The van der Waals surface area contributed by atoms with Crippen LogP contribution in [0.15, 0.2) is 31.4 Å². The van der Waals surface area contributed by atoms with Crippen LogP contribution in [0.1, 0.15) is 38.8 Å². The van der Waals surface area contributed by atoms with E-state index in [0.29, 0.717) is 12.5 Å². The number of alkyl carbamates (subject to hydrolysis) is 1. The van der Waals surface area contributed by atoms with Gasteiger partial charge in [-0.1, -0.05) is 6.58 Å². The van der Waals surface area contributed by atoms with Crippen LogP contribution in [0, 0.1) is 0 Å². The van der Waals surface area contributed by atoms with Gasteiger partial charge >= 0.3 is 6.09 Å².